The quantitative estimate of drug-likeness (QED) is 0.580. The Hall–Kier alpha value is -0.510. The molecule has 1 fully saturated rings. The molecule has 86 valence electrons. The van der Waals surface area contributed by atoms with Crippen molar-refractivity contribution in [2.45, 2.75) is 37.7 Å². The van der Waals surface area contributed by atoms with E-state index in [4.69, 9.17) is 4.74 Å². The van der Waals surface area contributed by atoms with Crippen LogP contribution < -0.4 is 0 Å². The second-order valence-electron chi connectivity index (χ2n) is 4.24. The van der Waals surface area contributed by atoms with Gasteiger partial charge in [0.2, 0.25) is 0 Å². The number of rotatable bonds is 3. The lowest BCUT2D eigenvalue weighted by Gasteiger charge is -2.31. The van der Waals surface area contributed by atoms with Crippen LogP contribution in [0.4, 0.5) is 0 Å². The van der Waals surface area contributed by atoms with Crippen LogP contribution in [-0.2, 0) is 4.74 Å². The minimum absolute atomic E-state index is 0.363. The van der Waals surface area contributed by atoms with Crippen LogP contribution in [0.5, 0.6) is 0 Å². The van der Waals surface area contributed by atoms with E-state index in [-0.39, 0.29) is 0 Å². The van der Waals surface area contributed by atoms with Crippen LogP contribution in [0.25, 0.3) is 0 Å². The monoisotopic (exact) mass is 328 g/mol. The molecular formula is C14H17IO. The van der Waals surface area contributed by atoms with Gasteiger partial charge >= 0.3 is 0 Å². The minimum Gasteiger partial charge on any atom is -0.497 e. The van der Waals surface area contributed by atoms with Crippen molar-refractivity contribution in [3.8, 4) is 0 Å². The Kier molecular flexibility index (Phi) is 4.69. The first-order valence-corrected chi connectivity index (χ1v) is 7.12. The van der Waals surface area contributed by atoms with Crippen LogP contribution in [0.1, 0.15) is 37.2 Å². The topological polar surface area (TPSA) is 9.23 Å². The Bertz CT molecular complexity index is 334. The van der Waals surface area contributed by atoms with Gasteiger partial charge in [-0.3, -0.25) is 0 Å². The van der Waals surface area contributed by atoms with E-state index in [0.717, 1.165) is 0 Å². The first-order chi connectivity index (χ1) is 7.92. The van der Waals surface area contributed by atoms with Crippen molar-refractivity contribution in [1.29, 1.82) is 0 Å². The van der Waals surface area contributed by atoms with E-state index in [9.17, 15) is 0 Å². The largest absolute Gasteiger partial charge is 0.497 e. The van der Waals surface area contributed by atoms with Gasteiger partial charge in [-0.2, -0.15) is 0 Å². The molecule has 0 N–H and O–H groups in total. The van der Waals surface area contributed by atoms with Gasteiger partial charge in [-0.15, -0.1) is 0 Å². The Morgan fingerprint density at radius 1 is 1.12 bits per heavy atom. The van der Waals surface area contributed by atoms with E-state index in [1.54, 1.807) is 0 Å². The lowest BCUT2D eigenvalue weighted by atomic mass is 9.81. The molecule has 16 heavy (non-hydrogen) atoms. The summed E-state index contributed by atoms with van der Waals surface area (Å²) in [5.41, 5.74) is 1.43. The Labute approximate surface area is 111 Å². The van der Waals surface area contributed by atoms with Crippen LogP contribution in [0.2, 0.25) is 0 Å². The van der Waals surface area contributed by atoms with Gasteiger partial charge in [0.1, 0.15) is 6.10 Å². The summed E-state index contributed by atoms with van der Waals surface area (Å²) >= 11 is 2.20. The predicted molar refractivity (Wildman–Crippen MR) is 75.7 cm³/mol. The third kappa shape index (κ3) is 3.00. The van der Waals surface area contributed by atoms with E-state index in [1.165, 1.54) is 31.2 Å². The molecule has 0 heterocycles. The van der Waals surface area contributed by atoms with Crippen LogP contribution in [-0.4, -0.2) is 6.10 Å². The van der Waals surface area contributed by atoms with Crippen molar-refractivity contribution in [3.05, 3.63) is 46.2 Å². The summed E-state index contributed by atoms with van der Waals surface area (Å²) in [5.74, 6) is 0.572. The van der Waals surface area contributed by atoms with Gasteiger partial charge in [0.05, 0.1) is 6.26 Å². The number of benzene rings is 1. The molecule has 2 heteroatoms. The van der Waals surface area contributed by atoms with E-state index in [1.807, 2.05) is 10.3 Å². The Morgan fingerprint density at radius 2 is 1.88 bits per heavy atom. The predicted octanol–water partition coefficient (Wildman–Crippen LogP) is 4.64. The third-order valence-corrected chi connectivity index (χ3v) is 3.53. The van der Waals surface area contributed by atoms with Crippen LogP contribution in [0.15, 0.2) is 40.7 Å². The zero-order chi connectivity index (χ0) is 11.2. The van der Waals surface area contributed by atoms with Crippen molar-refractivity contribution in [1.82, 2.24) is 0 Å². The molecule has 1 aliphatic rings. The highest BCUT2D eigenvalue weighted by atomic mass is 127. The molecule has 0 aliphatic heterocycles. The maximum atomic E-state index is 5.81. The summed E-state index contributed by atoms with van der Waals surface area (Å²) in [5, 5.41) is 0. The van der Waals surface area contributed by atoms with Crippen molar-refractivity contribution in [2.75, 3.05) is 0 Å². The zero-order valence-electron chi connectivity index (χ0n) is 9.31. The lowest BCUT2D eigenvalue weighted by molar-refractivity contribution is 0.0853. The van der Waals surface area contributed by atoms with E-state index < -0.39 is 0 Å². The minimum atomic E-state index is 0.363. The molecule has 0 aromatic heterocycles. The summed E-state index contributed by atoms with van der Waals surface area (Å²) in [6.45, 7) is 0. The molecule has 0 radical (unpaired) electrons. The molecule has 1 aliphatic carbocycles. The van der Waals surface area contributed by atoms with E-state index in [0.29, 0.717) is 12.0 Å². The smallest absolute Gasteiger partial charge is 0.105 e. The third-order valence-electron chi connectivity index (χ3n) is 3.24. The van der Waals surface area contributed by atoms with Gasteiger partial charge in [0.15, 0.2) is 0 Å². The van der Waals surface area contributed by atoms with Crippen molar-refractivity contribution in [2.24, 2.45) is 0 Å². The fourth-order valence-electron chi connectivity index (χ4n) is 2.47. The molecule has 0 unspecified atom stereocenters. The molecule has 2 atom stereocenters. The molecule has 0 bridgehead atoms. The molecule has 1 nitrogen and oxygen atoms in total. The molecular weight excluding hydrogens is 311 g/mol. The fourth-order valence-corrected chi connectivity index (χ4v) is 2.64. The summed E-state index contributed by atoms with van der Waals surface area (Å²) in [7, 11) is 0. The number of hydrogen-bond acceptors (Lipinski definition) is 1. The highest BCUT2D eigenvalue weighted by Crippen LogP contribution is 2.35. The standard InChI is InChI=1S/C14H17IO/c15-10-11-16-14-9-5-4-8-13(14)12-6-2-1-3-7-12/h1-3,6-7,10-11,13-14H,4-5,8-9H2/b11-10-/t13-,14+/m0/s1. The molecule has 0 amide bonds. The van der Waals surface area contributed by atoms with Crippen molar-refractivity contribution < 1.29 is 4.74 Å². The average Bonchev–Trinajstić information content (AvgIpc) is 2.38. The summed E-state index contributed by atoms with van der Waals surface area (Å²) in [6, 6.07) is 10.8. The van der Waals surface area contributed by atoms with Gasteiger partial charge < -0.3 is 4.74 Å². The van der Waals surface area contributed by atoms with Crippen LogP contribution in [0.3, 0.4) is 0 Å². The molecule has 0 saturated heterocycles. The second-order valence-corrected chi connectivity index (χ2v) is 4.96. The van der Waals surface area contributed by atoms with Gasteiger partial charge in [0, 0.05) is 10.0 Å². The van der Waals surface area contributed by atoms with Crippen molar-refractivity contribution in [3.63, 3.8) is 0 Å². The second kappa shape index (κ2) is 6.28. The summed E-state index contributed by atoms with van der Waals surface area (Å²) < 4.78 is 7.75. The maximum absolute atomic E-state index is 5.81. The number of hydrogen-bond donors (Lipinski definition) is 0. The van der Waals surface area contributed by atoms with Gasteiger partial charge in [-0.25, -0.2) is 0 Å². The highest BCUT2D eigenvalue weighted by Gasteiger charge is 2.26. The van der Waals surface area contributed by atoms with E-state index in [2.05, 4.69) is 52.9 Å². The van der Waals surface area contributed by atoms with E-state index >= 15 is 0 Å². The first-order valence-electron chi connectivity index (χ1n) is 5.87. The van der Waals surface area contributed by atoms with Gasteiger partial charge in [-0.1, -0.05) is 36.8 Å². The highest BCUT2D eigenvalue weighted by molar-refractivity contribution is 14.1. The Morgan fingerprint density at radius 3 is 2.62 bits per heavy atom. The SMILES string of the molecule is I/C=C\O[C@@H]1CCCC[C@H]1c1ccccc1. The first kappa shape index (κ1) is 12.0. The molecule has 2 rings (SSSR count). The van der Waals surface area contributed by atoms with Gasteiger partial charge in [-0.05, 0) is 47.4 Å². The lowest BCUT2D eigenvalue weighted by Crippen LogP contribution is -2.24. The molecule has 0 spiro atoms. The maximum Gasteiger partial charge on any atom is 0.105 e. The van der Waals surface area contributed by atoms with Crippen molar-refractivity contribution >= 4 is 22.6 Å². The van der Waals surface area contributed by atoms with Crippen LogP contribution in [0, 0.1) is 0 Å². The molecule has 1 aromatic carbocycles. The van der Waals surface area contributed by atoms with Gasteiger partial charge in [0.25, 0.3) is 0 Å². The fraction of sp³-hybridized carbons (Fsp3) is 0.429. The number of ether oxygens (including phenoxy) is 1. The molecule has 1 saturated carbocycles. The molecule has 1 aromatic rings. The summed E-state index contributed by atoms with van der Waals surface area (Å²) in [6.07, 6.45) is 7.25. The normalized spacial score (nSPS) is 25.8. The Balaban J connectivity index is 2.10. The van der Waals surface area contributed by atoms with Crippen LogP contribution >= 0.6 is 22.6 Å². The summed E-state index contributed by atoms with van der Waals surface area (Å²) in [4.78, 5) is 0. The zero-order valence-corrected chi connectivity index (χ0v) is 11.5. The average molecular weight is 328 g/mol. The number of halogens is 1.